The van der Waals surface area contributed by atoms with Crippen LogP contribution >= 0.6 is 0 Å². The molecule has 2 aromatic carbocycles. The predicted octanol–water partition coefficient (Wildman–Crippen LogP) is 3.32. The first-order valence-electron chi connectivity index (χ1n) is 6.30. The second kappa shape index (κ2) is 6.26. The normalized spacial score (nSPS) is 10.2. The van der Waals surface area contributed by atoms with Gasteiger partial charge in [-0.2, -0.15) is 0 Å². The highest BCUT2D eigenvalue weighted by Crippen LogP contribution is 2.28. The third-order valence-corrected chi connectivity index (χ3v) is 2.96. The number of carbonyl (C=O) groups is 1. The van der Waals surface area contributed by atoms with E-state index in [1.165, 1.54) is 13.0 Å². The molecule has 2 rings (SSSR count). The number of phenols is 1. The van der Waals surface area contributed by atoms with Gasteiger partial charge in [0, 0.05) is 12.1 Å². The van der Waals surface area contributed by atoms with Gasteiger partial charge in [-0.3, -0.25) is 4.79 Å². The van der Waals surface area contributed by atoms with Gasteiger partial charge in [0.25, 0.3) is 0 Å². The van der Waals surface area contributed by atoms with Crippen LogP contribution in [0.25, 0.3) is 0 Å². The molecule has 5 heteroatoms. The van der Waals surface area contributed by atoms with Gasteiger partial charge in [-0.15, -0.1) is 0 Å². The first-order valence-corrected chi connectivity index (χ1v) is 6.30. The smallest absolute Gasteiger partial charge is 0.166 e. The van der Waals surface area contributed by atoms with Crippen molar-refractivity contribution in [2.24, 2.45) is 0 Å². The third-order valence-electron chi connectivity index (χ3n) is 2.96. The van der Waals surface area contributed by atoms with Crippen LogP contribution in [-0.4, -0.2) is 18.0 Å². The largest absolute Gasteiger partial charge is 0.507 e. The molecular weight excluding hydrogens is 275 g/mol. The highest BCUT2D eigenvalue weighted by atomic mass is 19.1. The molecule has 21 heavy (non-hydrogen) atoms. The van der Waals surface area contributed by atoms with Gasteiger partial charge in [0.2, 0.25) is 0 Å². The van der Waals surface area contributed by atoms with Crippen molar-refractivity contribution in [3.05, 3.63) is 53.3 Å². The van der Waals surface area contributed by atoms with E-state index in [-0.39, 0.29) is 17.9 Å². The Morgan fingerprint density at radius 2 is 1.86 bits per heavy atom. The molecule has 0 aliphatic heterocycles. The summed E-state index contributed by atoms with van der Waals surface area (Å²) in [5.41, 5.74) is 0.540. The monoisotopic (exact) mass is 290 g/mol. The van der Waals surface area contributed by atoms with Crippen molar-refractivity contribution >= 4 is 5.78 Å². The number of halogens is 1. The lowest BCUT2D eigenvalue weighted by molar-refractivity contribution is 0.101. The number of carbonyl (C=O) groups excluding carboxylic acids is 1. The van der Waals surface area contributed by atoms with Crippen molar-refractivity contribution in [3.63, 3.8) is 0 Å². The number of hydrogen-bond acceptors (Lipinski definition) is 4. The summed E-state index contributed by atoms with van der Waals surface area (Å²) < 4.78 is 24.2. The summed E-state index contributed by atoms with van der Waals surface area (Å²) in [5, 5.41) is 9.65. The first-order chi connectivity index (χ1) is 10.0. The molecule has 0 heterocycles. The fourth-order valence-corrected chi connectivity index (χ4v) is 1.89. The average molecular weight is 290 g/mol. The van der Waals surface area contributed by atoms with E-state index in [9.17, 15) is 14.3 Å². The molecule has 0 aliphatic carbocycles. The maximum Gasteiger partial charge on any atom is 0.166 e. The Morgan fingerprint density at radius 3 is 2.38 bits per heavy atom. The Bertz CT molecular complexity index is 627. The van der Waals surface area contributed by atoms with Gasteiger partial charge in [0.1, 0.15) is 29.7 Å². The minimum absolute atomic E-state index is 0.158. The number of rotatable bonds is 5. The number of aromatic hydroxyl groups is 1. The molecule has 0 radical (unpaired) electrons. The quantitative estimate of drug-likeness (QED) is 0.858. The van der Waals surface area contributed by atoms with Crippen LogP contribution in [0.4, 0.5) is 4.39 Å². The summed E-state index contributed by atoms with van der Waals surface area (Å²) in [6, 6.07) is 9.52. The van der Waals surface area contributed by atoms with Crippen molar-refractivity contribution in [3.8, 4) is 17.2 Å². The van der Waals surface area contributed by atoms with E-state index in [0.717, 1.165) is 17.4 Å². The van der Waals surface area contributed by atoms with Gasteiger partial charge in [-0.25, -0.2) is 4.39 Å². The van der Waals surface area contributed by atoms with Crippen molar-refractivity contribution in [2.45, 2.75) is 13.5 Å². The molecule has 0 saturated heterocycles. The molecule has 1 N–H and O–H groups in total. The number of ether oxygens (including phenoxy) is 2. The summed E-state index contributed by atoms with van der Waals surface area (Å²) in [6.45, 7) is 1.40. The van der Waals surface area contributed by atoms with Gasteiger partial charge in [0.15, 0.2) is 5.78 Å². The van der Waals surface area contributed by atoms with Gasteiger partial charge in [0.05, 0.1) is 12.7 Å². The van der Waals surface area contributed by atoms with E-state index in [1.807, 2.05) is 12.1 Å². The summed E-state index contributed by atoms with van der Waals surface area (Å²) in [4.78, 5) is 11.2. The van der Waals surface area contributed by atoms with Crippen LogP contribution < -0.4 is 9.47 Å². The standard InChI is InChI=1S/C16H15FO4/c1-10(18)16-14(17)7-13(8-15(16)19)21-9-11-3-5-12(20-2)6-4-11/h3-8,19H,9H2,1-2H3. The minimum Gasteiger partial charge on any atom is -0.507 e. The Kier molecular flexibility index (Phi) is 4.42. The van der Waals surface area contributed by atoms with Crippen LogP contribution in [-0.2, 0) is 6.61 Å². The summed E-state index contributed by atoms with van der Waals surface area (Å²) in [7, 11) is 1.58. The first kappa shape index (κ1) is 14.8. The molecule has 0 spiro atoms. The second-order valence-electron chi connectivity index (χ2n) is 4.49. The van der Waals surface area contributed by atoms with E-state index in [1.54, 1.807) is 19.2 Å². The Balaban J connectivity index is 2.11. The zero-order chi connectivity index (χ0) is 15.4. The zero-order valence-corrected chi connectivity index (χ0v) is 11.7. The van der Waals surface area contributed by atoms with Crippen molar-refractivity contribution in [2.75, 3.05) is 7.11 Å². The highest BCUT2D eigenvalue weighted by molar-refractivity contribution is 5.97. The third kappa shape index (κ3) is 3.51. The predicted molar refractivity (Wildman–Crippen MR) is 75.4 cm³/mol. The van der Waals surface area contributed by atoms with E-state index in [4.69, 9.17) is 9.47 Å². The number of Topliss-reactive ketones (excluding diaryl/α,β-unsaturated/α-hetero) is 1. The molecule has 0 aliphatic rings. The lowest BCUT2D eigenvalue weighted by Gasteiger charge is -2.09. The van der Waals surface area contributed by atoms with Crippen LogP contribution in [0.3, 0.4) is 0 Å². The van der Waals surface area contributed by atoms with E-state index in [0.29, 0.717) is 0 Å². The summed E-state index contributed by atoms with van der Waals surface area (Å²) >= 11 is 0. The Hall–Kier alpha value is -2.56. The second-order valence-corrected chi connectivity index (χ2v) is 4.49. The van der Waals surface area contributed by atoms with Gasteiger partial charge < -0.3 is 14.6 Å². The highest BCUT2D eigenvalue weighted by Gasteiger charge is 2.15. The molecule has 0 aromatic heterocycles. The van der Waals surface area contributed by atoms with Crippen LogP contribution in [0.2, 0.25) is 0 Å². The minimum atomic E-state index is -0.799. The SMILES string of the molecule is COc1ccc(COc2cc(O)c(C(C)=O)c(F)c2)cc1. The maximum absolute atomic E-state index is 13.7. The number of phenolic OH excluding ortho intramolecular Hbond substituents is 1. The average Bonchev–Trinajstić information content (AvgIpc) is 2.44. The van der Waals surface area contributed by atoms with Gasteiger partial charge in [-0.1, -0.05) is 12.1 Å². The molecular formula is C16H15FO4. The van der Waals surface area contributed by atoms with Crippen molar-refractivity contribution in [1.82, 2.24) is 0 Å². The molecule has 0 unspecified atom stereocenters. The van der Waals surface area contributed by atoms with Gasteiger partial charge >= 0.3 is 0 Å². The number of benzene rings is 2. The summed E-state index contributed by atoms with van der Waals surface area (Å²) in [6.07, 6.45) is 0. The van der Waals surface area contributed by atoms with E-state index in [2.05, 4.69) is 0 Å². The van der Waals surface area contributed by atoms with E-state index >= 15 is 0 Å². The lowest BCUT2D eigenvalue weighted by Crippen LogP contribution is -2.00. The van der Waals surface area contributed by atoms with Crippen molar-refractivity contribution < 1.29 is 23.8 Å². The van der Waals surface area contributed by atoms with Crippen molar-refractivity contribution in [1.29, 1.82) is 0 Å². The fourth-order valence-electron chi connectivity index (χ4n) is 1.89. The fraction of sp³-hybridized carbons (Fsp3) is 0.188. The van der Waals surface area contributed by atoms with Crippen LogP contribution in [0, 0.1) is 5.82 Å². The molecule has 0 atom stereocenters. The molecule has 4 nitrogen and oxygen atoms in total. The van der Waals surface area contributed by atoms with Crippen LogP contribution in [0.1, 0.15) is 22.8 Å². The summed E-state index contributed by atoms with van der Waals surface area (Å²) in [5.74, 6) is -0.870. The topological polar surface area (TPSA) is 55.8 Å². The molecule has 2 aromatic rings. The molecule has 0 amide bonds. The molecule has 0 bridgehead atoms. The maximum atomic E-state index is 13.7. The zero-order valence-electron chi connectivity index (χ0n) is 11.7. The number of methoxy groups -OCH3 is 1. The van der Waals surface area contributed by atoms with Crippen LogP contribution in [0.15, 0.2) is 36.4 Å². The number of ketones is 1. The molecule has 0 fully saturated rings. The molecule has 110 valence electrons. The van der Waals surface area contributed by atoms with Crippen LogP contribution in [0.5, 0.6) is 17.2 Å². The van der Waals surface area contributed by atoms with Gasteiger partial charge in [-0.05, 0) is 24.6 Å². The Labute approximate surface area is 121 Å². The molecule has 0 saturated carbocycles. The van der Waals surface area contributed by atoms with E-state index < -0.39 is 17.3 Å². The lowest BCUT2D eigenvalue weighted by atomic mass is 10.1. The number of hydrogen-bond donors (Lipinski definition) is 1. The Morgan fingerprint density at radius 1 is 1.19 bits per heavy atom.